The van der Waals surface area contributed by atoms with Crippen LogP contribution in [0.25, 0.3) is 0 Å². The van der Waals surface area contributed by atoms with Gasteiger partial charge >= 0.3 is 5.97 Å². The van der Waals surface area contributed by atoms with Crippen LogP contribution in [0.5, 0.6) is 5.75 Å². The molecule has 2 unspecified atom stereocenters. The number of benzene rings is 2. The highest BCUT2D eigenvalue weighted by Gasteiger charge is 2.32. The first-order valence-electron chi connectivity index (χ1n) is 14.1. The Kier molecular flexibility index (Phi) is 13.6. The number of hydrogen-bond donors (Lipinski definition) is 0. The van der Waals surface area contributed by atoms with E-state index in [0.29, 0.717) is 4.48 Å². The van der Waals surface area contributed by atoms with Gasteiger partial charge in [-0.2, -0.15) is 0 Å². The lowest BCUT2D eigenvalue weighted by atomic mass is 10.0. The molecule has 36 heavy (non-hydrogen) atoms. The minimum Gasteiger partial charge on any atom is -0.487 e. The Morgan fingerprint density at radius 3 is 2.08 bits per heavy atom. The van der Waals surface area contributed by atoms with Crippen LogP contribution in [0.4, 0.5) is 0 Å². The van der Waals surface area contributed by atoms with Crippen LogP contribution in [0.2, 0.25) is 0 Å². The number of unbranched alkanes of at least 4 members (excludes halogenated alkanes) is 8. The van der Waals surface area contributed by atoms with Gasteiger partial charge in [0.15, 0.2) is 6.04 Å². The quantitative estimate of drug-likeness (QED) is 0.120. The van der Waals surface area contributed by atoms with E-state index in [4.69, 9.17) is 9.47 Å². The summed E-state index contributed by atoms with van der Waals surface area (Å²) in [5.41, 5.74) is 2.52. The zero-order chi connectivity index (χ0) is 26.2. The van der Waals surface area contributed by atoms with E-state index in [1.807, 2.05) is 38.1 Å². The Morgan fingerprint density at radius 1 is 0.806 bits per heavy atom. The van der Waals surface area contributed by atoms with Crippen molar-refractivity contribution in [1.82, 2.24) is 0 Å². The summed E-state index contributed by atoms with van der Waals surface area (Å²) in [6.07, 6.45) is 13.0. The van der Waals surface area contributed by atoms with Crippen LogP contribution >= 0.6 is 0 Å². The Bertz CT molecular complexity index is 865. The van der Waals surface area contributed by atoms with Gasteiger partial charge in [0.25, 0.3) is 0 Å². The molecule has 2 atom stereocenters. The molecule has 0 bridgehead atoms. The molecule has 2 aromatic carbocycles. The molecule has 0 aliphatic rings. The predicted molar refractivity (Wildman–Crippen MR) is 150 cm³/mol. The summed E-state index contributed by atoms with van der Waals surface area (Å²) in [5, 5.41) is 0. The summed E-state index contributed by atoms with van der Waals surface area (Å²) in [7, 11) is 4.13. The number of hydrogen-bond acceptors (Lipinski definition) is 3. The van der Waals surface area contributed by atoms with Gasteiger partial charge in [0.05, 0.1) is 14.1 Å². The second kappa shape index (κ2) is 16.4. The van der Waals surface area contributed by atoms with Crippen LogP contribution in [-0.4, -0.2) is 43.3 Å². The molecular weight excluding hydrogens is 446 g/mol. The van der Waals surface area contributed by atoms with Gasteiger partial charge in [-0.25, -0.2) is 4.79 Å². The van der Waals surface area contributed by atoms with E-state index in [1.54, 1.807) is 0 Å². The summed E-state index contributed by atoms with van der Waals surface area (Å²) in [5.74, 6) is 0.658. The second-order valence-corrected chi connectivity index (χ2v) is 10.9. The number of carbonyl (C=O) groups is 1. The van der Waals surface area contributed by atoms with Crippen LogP contribution in [0.3, 0.4) is 0 Å². The van der Waals surface area contributed by atoms with Crippen LogP contribution in [0.15, 0.2) is 54.6 Å². The molecule has 2 aromatic rings. The molecule has 2 rings (SSSR count). The summed E-state index contributed by atoms with van der Waals surface area (Å²) in [4.78, 5) is 12.8. The van der Waals surface area contributed by atoms with Crippen LogP contribution in [-0.2, 0) is 22.5 Å². The van der Waals surface area contributed by atoms with E-state index in [-0.39, 0.29) is 24.7 Å². The number of quaternary nitrogens is 1. The number of nitrogens with zero attached hydrogens (tertiary/aromatic N) is 1. The van der Waals surface area contributed by atoms with Crippen molar-refractivity contribution < 1.29 is 18.8 Å². The van der Waals surface area contributed by atoms with Gasteiger partial charge in [-0.3, -0.25) is 0 Å². The minimum absolute atomic E-state index is 0.189. The van der Waals surface area contributed by atoms with Crippen LogP contribution in [0.1, 0.15) is 89.7 Å². The highest BCUT2D eigenvalue weighted by atomic mass is 16.6. The topological polar surface area (TPSA) is 35.5 Å². The Morgan fingerprint density at radius 2 is 1.42 bits per heavy atom. The first-order chi connectivity index (χ1) is 17.3. The van der Waals surface area contributed by atoms with Gasteiger partial charge in [0.2, 0.25) is 0 Å². The normalized spacial score (nSPS) is 13.2. The van der Waals surface area contributed by atoms with E-state index in [2.05, 4.69) is 51.4 Å². The largest absolute Gasteiger partial charge is 0.487 e. The van der Waals surface area contributed by atoms with Crippen molar-refractivity contribution in [2.45, 2.75) is 104 Å². The van der Waals surface area contributed by atoms with E-state index in [1.165, 1.54) is 68.9 Å². The SMILES string of the molecule is CCCCCCCCCCCc1cccc(OC(C)COC(=O)C(C)[N+](C)(C)Cc2ccccc2)c1. The maximum atomic E-state index is 12.8. The maximum Gasteiger partial charge on any atom is 0.364 e. The average molecular weight is 497 g/mol. The maximum absolute atomic E-state index is 12.8. The molecule has 0 fully saturated rings. The molecule has 4 heteroatoms. The van der Waals surface area contributed by atoms with Crippen LogP contribution < -0.4 is 4.74 Å². The molecule has 200 valence electrons. The fraction of sp³-hybridized carbons (Fsp3) is 0.594. The lowest BCUT2D eigenvalue weighted by molar-refractivity contribution is -0.917. The zero-order valence-electron chi connectivity index (χ0n) is 23.5. The fourth-order valence-corrected chi connectivity index (χ4v) is 4.48. The van der Waals surface area contributed by atoms with E-state index < -0.39 is 0 Å². The first kappa shape index (κ1) is 29.9. The molecule has 0 aliphatic heterocycles. The average Bonchev–Trinajstić information content (AvgIpc) is 2.86. The standard InChI is InChI=1S/C32H50NO3/c1-6-7-8-9-10-11-12-13-15-19-29-22-18-23-31(24-29)36-27(2)26-35-32(34)28(3)33(4,5)25-30-20-16-14-17-21-30/h14,16-18,20-24,27-28H,6-13,15,19,25-26H2,1-5H3/q+1. The van der Waals surface area contributed by atoms with Crippen molar-refractivity contribution in [3.05, 3.63) is 65.7 Å². The van der Waals surface area contributed by atoms with E-state index in [9.17, 15) is 4.79 Å². The second-order valence-electron chi connectivity index (χ2n) is 10.9. The summed E-state index contributed by atoms with van der Waals surface area (Å²) >= 11 is 0. The molecule has 0 N–H and O–H groups in total. The molecule has 0 aromatic heterocycles. The Labute approximate surface area is 220 Å². The molecule has 4 nitrogen and oxygen atoms in total. The molecule has 0 saturated carbocycles. The fourth-order valence-electron chi connectivity index (χ4n) is 4.48. The van der Waals surface area contributed by atoms with Gasteiger partial charge in [0, 0.05) is 5.56 Å². The zero-order valence-corrected chi connectivity index (χ0v) is 23.5. The lowest BCUT2D eigenvalue weighted by Gasteiger charge is -2.34. The lowest BCUT2D eigenvalue weighted by Crippen LogP contribution is -2.51. The van der Waals surface area contributed by atoms with Crippen LogP contribution in [0, 0.1) is 0 Å². The number of aryl methyl sites for hydroxylation is 1. The van der Waals surface area contributed by atoms with E-state index >= 15 is 0 Å². The van der Waals surface area contributed by atoms with Gasteiger partial charge in [-0.1, -0.05) is 101 Å². The number of ether oxygens (including phenoxy) is 2. The smallest absolute Gasteiger partial charge is 0.364 e. The number of rotatable bonds is 18. The molecule has 0 amide bonds. The summed E-state index contributed by atoms with van der Waals surface area (Å²) in [6, 6.07) is 18.3. The molecular formula is C32H50NO3+. The van der Waals surface area contributed by atoms with Gasteiger partial charge < -0.3 is 14.0 Å². The molecule has 0 radical (unpaired) electrons. The monoisotopic (exact) mass is 496 g/mol. The van der Waals surface area contributed by atoms with Crippen molar-refractivity contribution in [3.63, 3.8) is 0 Å². The first-order valence-corrected chi connectivity index (χ1v) is 14.1. The third-order valence-corrected chi connectivity index (χ3v) is 7.09. The highest BCUT2D eigenvalue weighted by molar-refractivity contribution is 5.74. The molecule has 0 aliphatic carbocycles. The number of carbonyl (C=O) groups excluding carboxylic acids is 1. The molecule has 0 spiro atoms. The molecule has 0 heterocycles. The van der Waals surface area contributed by atoms with Crippen molar-refractivity contribution >= 4 is 5.97 Å². The van der Waals surface area contributed by atoms with Gasteiger partial charge in [0.1, 0.15) is 25.0 Å². The van der Waals surface area contributed by atoms with Crippen molar-refractivity contribution in [2.24, 2.45) is 0 Å². The number of esters is 1. The summed E-state index contributed by atoms with van der Waals surface area (Å²) < 4.78 is 12.3. The third-order valence-electron chi connectivity index (χ3n) is 7.09. The minimum atomic E-state index is -0.267. The highest BCUT2D eigenvalue weighted by Crippen LogP contribution is 2.19. The van der Waals surface area contributed by atoms with Crippen molar-refractivity contribution in [1.29, 1.82) is 0 Å². The summed E-state index contributed by atoms with van der Waals surface area (Å²) in [6.45, 7) is 7.18. The van der Waals surface area contributed by atoms with Gasteiger partial charge in [-0.05, 0) is 44.4 Å². The Hall–Kier alpha value is -2.33. The van der Waals surface area contributed by atoms with Gasteiger partial charge in [-0.15, -0.1) is 0 Å². The Balaban J connectivity index is 1.69. The van der Waals surface area contributed by atoms with E-state index in [0.717, 1.165) is 18.7 Å². The van der Waals surface area contributed by atoms with Crippen molar-refractivity contribution in [3.8, 4) is 5.75 Å². The third kappa shape index (κ3) is 11.6. The van der Waals surface area contributed by atoms with Crippen molar-refractivity contribution in [2.75, 3.05) is 20.7 Å². The number of likely N-dealkylation sites (N-methyl/N-ethyl adjacent to an activating group) is 1. The predicted octanol–water partition coefficient (Wildman–Crippen LogP) is 7.74. The molecule has 0 saturated heterocycles.